The second-order valence-electron chi connectivity index (χ2n) is 4.41. The topological polar surface area (TPSA) is 48.1 Å². The first-order valence-corrected chi connectivity index (χ1v) is 7.06. The van der Waals surface area contributed by atoms with Crippen LogP contribution in [0.25, 0.3) is 0 Å². The number of benzene rings is 1. The van der Waals surface area contributed by atoms with E-state index in [2.05, 4.69) is 20.9 Å². The molecule has 0 bridgehead atoms. The molecule has 1 aromatic heterocycles. The highest BCUT2D eigenvalue weighted by Crippen LogP contribution is 2.16. The molecule has 100 valence electrons. The Morgan fingerprint density at radius 1 is 1.11 bits per heavy atom. The zero-order valence-electron chi connectivity index (χ0n) is 10.6. The summed E-state index contributed by atoms with van der Waals surface area (Å²) in [6.07, 6.45) is 5.27. The maximum Gasteiger partial charge on any atom is 0.119 e. The van der Waals surface area contributed by atoms with E-state index >= 15 is 0 Å². The molecule has 1 aromatic carbocycles. The van der Waals surface area contributed by atoms with E-state index in [1.165, 1.54) is 5.56 Å². The van der Waals surface area contributed by atoms with Crippen molar-refractivity contribution >= 4 is 15.9 Å². The first-order valence-electron chi connectivity index (χ1n) is 6.27. The molecule has 2 rings (SSSR count). The van der Waals surface area contributed by atoms with E-state index in [0.29, 0.717) is 6.61 Å². The van der Waals surface area contributed by atoms with Crippen molar-refractivity contribution in [2.24, 2.45) is 5.73 Å². The Bertz CT molecular complexity index is 487. The number of hydrogen-bond acceptors (Lipinski definition) is 3. The van der Waals surface area contributed by atoms with E-state index in [0.717, 1.165) is 23.1 Å². The van der Waals surface area contributed by atoms with E-state index in [1.54, 1.807) is 12.4 Å². The number of halogens is 1. The first kappa shape index (κ1) is 14.0. The number of aromatic nitrogens is 1. The van der Waals surface area contributed by atoms with Crippen LogP contribution in [0.15, 0.2) is 53.3 Å². The first-order chi connectivity index (χ1) is 9.24. The number of nitrogens with zero attached hydrogens (tertiary/aromatic N) is 1. The van der Waals surface area contributed by atoms with Gasteiger partial charge in [-0.2, -0.15) is 0 Å². The van der Waals surface area contributed by atoms with Crippen molar-refractivity contribution in [2.45, 2.75) is 18.9 Å². The third-order valence-corrected chi connectivity index (χ3v) is 3.35. The van der Waals surface area contributed by atoms with Crippen LogP contribution in [0.4, 0.5) is 0 Å². The van der Waals surface area contributed by atoms with Gasteiger partial charge in [-0.05, 0) is 54.8 Å². The summed E-state index contributed by atoms with van der Waals surface area (Å²) in [7, 11) is 0. The van der Waals surface area contributed by atoms with Gasteiger partial charge < -0.3 is 10.5 Å². The van der Waals surface area contributed by atoms with Crippen molar-refractivity contribution in [3.63, 3.8) is 0 Å². The molecule has 4 heteroatoms. The largest absolute Gasteiger partial charge is 0.494 e. The Morgan fingerprint density at radius 3 is 2.47 bits per heavy atom. The van der Waals surface area contributed by atoms with Gasteiger partial charge in [-0.25, -0.2) is 0 Å². The van der Waals surface area contributed by atoms with Crippen molar-refractivity contribution < 1.29 is 4.74 Å². The molecular formula is C15H17BrN2O. The average molecular weight is 321 g/mol. The molecule has 0 aliphatic carbocycles. The van der Waals surface area contributed by atoms with Crippen LogP contribution < -0.4 is 10.5 Å². The van der Waals surface area contributed by atoms with Crippen LogP contribution >= 0.6 is 15.9 Å². The third-order valence-electron chi connectivity index (χ3n) is 2.82. The van der Waals surface area contributed by atoms with Gasteiger partial charge in [0.25, 0.3) is 0 Å². The van der Waals surface area contributed by atoms with Crippen molar-refractivity contribution in [2.75, 3.05) is 6.61 Å². The summed E-state index contributed by atoms with van der Waals surface area (Å²) in [5.74, 6) is 0.874. The van der Waals surface area contributed by atoms with Gasteiger partial charge in [-0.3, -0.25) is 4.98 Å². The lowest BCUT2D eigenvalue weighted by Gasteiger charge is -2.12. The Hall–Kier alpha value is -1.39. The minimum atomic E-state index is 0.109. The van der Waals surface area contributed by atoms with Gasteiger partial charge in [0, 0.05) is 22.9 Å². The van der Waals surface area contributed by atoms with Crippen LogP contribution in [0.2, 0.25) is 0 Å². The third kappa shape index (κ3) is 5.01. The molecule has 0 aliphatic heterocycles. The Balaban J connectivity index is 1.72. The molecular weight excluding hydrogens is 304 g/mol. The highest BCUT2D eigenvalue weighted by molar-refractivity contribution is 9.10. The summed E-state index contributed by atoms with van der Waals surface area (Å²) in [6, 6.07) is 11.9. The fraction of sp³-hybridized carbons (Fsp3) is 0.267. The van der Waals surface area contributed by atoms with Crippen molar-refractivity contribution in [3.8, 4) is 5.75 Å². The summed E-state index contributed by atoms with van der Waals surface area (Å²) < 4.78 is 6.71. The predicted molar refractivity (Wildman–Crippen MR) is 80.2 cm³/mol. The molecule has 0 fully saturated rings. The molecule has 0 aliphatic rings. The number of rotatable bonds is 6. The van der Waals surface area contributed by atoms with Crippen LogP contribution in [-0.2, 0) is 6.42 Å². The van der Waals surface area contributed by atoms with Crippen LogP contribution in [0, 0.1) is 0 Å². The van der Waals surface area contributed by atoms with Crippen LogP contribution in [0.5, 0.6) is 5.75 Å². The second-order valence-corrected chi connectivity index (χ2v) is 5.33. The number of nitrogens with two attached hydrogens (primary N) is 1. The van der Waals surface area contributed by atoms with Gasteiger partial charge in [0.15, 0.2) is 0 Å². The summed E-state index contributed by atoms with van der Waals surface area (Å²) in [4.78, 5) is 3.99. The molecule has 0 saturated carbocycles. The predicted octanol–water partition coefficient (Wildman–Crippen LogP) is 3.18. The van der Waals surface area contributed by atoms with Crippen LogP contribution in [-0.4, -0.2) is 17.6 Å². The molecule has 2 N–H and O–H groups in total. The van der Waals surface area contributed by atoms with E-state index in [1.807, 2.05) is 36.4 Å². The fourth-order valence-corrected chi connectivity index (χ4v) is 2.05. The van der Waals surface area contributed by atoms with E-state index in [-0.39, 0.29) is 6.04 Å². The average Bonchev–Trinajstić information content (AvgIpc) is 2.42. The molecule has 1 unspecified atom stereocenters. The highest BCUT2D eigenvalue weighted by Gasteiger charge is 2.04. The minimum Gasteiger partial charge on any atom is -0.494 e. The van der Waals surface area contributed by atoms with Gasteiger partial charge >= 0.3 is 0 Å². The lowest BCUT2D eigenvalue weighted by molar-refractivity contribution is 0.297. The molecule has 1 atom stereocenters. The Kier molecular flexibility index (Phi) is 5.36. The maximum absolute atomic E-state index is 6.09. The number of ether oxygens (including phenoxy) is 1. The Morgan fingerprint density at radius 2 is 1.79 bits per heavy atom. The van der Waals surface area contributed by atoms with Gasteiger partial charge in [0.1, 0.15) is 5.75 Å². The number of hydrogen-bond donors (Lipinski definition) is 1. The van der Waals surface area contributed by atoms with Crippen molar-refractivity contribution in [3.05, 3.63) is 58.8 Å². The van der Waals surface area contributed by atoms with E-state index in [9.17, 15) is 0 Å². The van der Waals surface area contributed by atoms with Crippen LogP contribution in [0.1, 0.15) is 12.0 Å². The van der Waals surface area contributed by atoms with Gasteiger partial charge in [0.2, 0.25) is 0 Å². The van der Waals surface area contributed by atoms with E-state index < -0.39 is 0 Å². The molecule has 0 amide bonds. The summed E-state index contributed by atoms with van der Waals surface area (Å²) in [6.45, 7) is 0.633. The van der Waals surface area contributed by atoms with Crippen molar-refractivity contribution in [1.29, 1.82) is 0 Å². The molecule has 2 aromatic rings. The molecule has 0 spiro atoms. The van der Waals surface area contributed by atoms with Crippen molar-refractivity contribution in [1.82, 2.24) is 4.98 Å². The SMILES string of the molecule is NC(CCOc1ccc(Br)cc1)Cc1ccncc1. The summed E-state index contributed by atoms with van der Waals surface area (Å²) >= 11 is 3.39. The molecule has 3 nitrogen and oxygen atoms in total. The highest BCUT2D eigenvalue weighted by atomic mass is 79.9. The molecule has 1 heterocycles. The monoisotopic (exact) mass is 320 g/mol. The maximum atomic E-state index is 6.09. The van der Waals surface area contributed by atoms with Gasteiger partial charge in [0.05, 0.1) is 6.61 Å². The molecule has 0 radical (unpaired) electrons. The molecule has 19 heavy (non-hydrogen) atoms. The van der Waals surface area contributed by atoms with Gasteiger partial charge in [-0.1, -0.05) is 15.9 Å². The summed E-state index contributed by atoms with van der Waals surface area (Å²) in [5.41, 5.74) is 7.30. The van der Waals surface area contributed by atoms with Gasteiger partial charge in [-0.15, -0.1) is 0 Å². The lowest BCUT2D eigenvalue weighted by atomic mass is 10.1. The zero-order valence-corrected chi connectivity index (χ0v) is 12.2. The standard InChI is InChI=1S/C15H17BrN2O/c16-13-1-3-15(4-2-13)19-10-7-14(17)11-12-5-8-18-9-6-12/h1-6,8-9,14H,7,10-11,17H2. The quantitative estimate of drug-likeness (QED) is 0.889. The zero-order chi connectivity index (χ0) is 13.5. The minimum absolute atomic E-state index is 0.109. The number of pyridine rings is 1. The molecule has 0 saturated heterocycles. The smallest absolute Gasteiger partial charge is 0.119 e. The normalized spacial score (nSPS) is 12.1. The second kappa shape index (κ2) is 7.26. The fourth-order valence-electron chi connectivity index (χ4n) is 1.78. The summed E-state index contributed by atoms with van der Waals surface area (Å²) in [5, 5.41) is 0. The van der Waals surface area contributed by atoms with E-state index in [4.69, 9.17) is 10.5 Å². The Labute approximate surface area is 121 Å². The lowest BCUT2D eigenvalue weighted by Crippen LogP contribution is -2.25. The van der Waals surface area contributed by atoms with Crippen LogP contribution in [0.3, 0.4) is 0 Å².